The van der Waals surface area contributed by atoms with Gasteiger partial charge in [0.15, 0.2) is 5.69 Å². The fourth-order valence-electron chi connectivity index (χ4n) is 1.55. The molecule has 0 bridgehead atoms. The summed E-state index contributed by atoms with van der Waals surface area (Å²) in [5.41, 5.74) is -2.31. The molecule has 0 atom stereocenters. The zero-order valence-electron chi connectivity index (χ0n) is 12.8. The molecule has 1 aromatic heterocycles. The predicted molar refractivity (Wildman–Crippen MR) is 69.8 cm³/mol. The molecule has 0 aromatic carbocycles. The number of hydrogen-bond donors (Lipinski definition) is 1. The normalized spacial score (nSPS) is 14.8. The van der Waals surface area contributed by atoms with Gasteiger partial charge >= 0.3 is 6.18 Å². The minimum absolute atomic E-state index is 0.284. The molecule has 2 nitrogen and oxygen atoms in total. The highest BCUT2D eigenvalue weighted by Crippen LogP contribution is 2.44. The molecule has 1 aromatic rings. The van der Waals surface area contributed by atoms with Crippen molar-refractivity contribution in [3.8, 4) is 0 Å². The van der Waals surface area contributed by atoms with Gasteiger partial charge in [-0.05, 0) is 6.42 Å². The van der Waals surface area contributed by atoms with E-state index in [1.54, 1.807) is 5.10 Å². The molecule has 0 amide bonds. The zero-order valence-corrected chi connectivity index (χ0v) is 12.8. The minimum Gasteiger partial charge on any atom is -0.276 e. The number of fused-ring (bicyclic) bond motifs is 1. The van der Waals surface area contributed by atoms with Gasteiger partial charge in [0.1, 0.15) is 5.69 Å². The average molecular weight is 302 g/mol. The molecule has 0 aliphatic heterocycles. The Hall–Kier alpha value is -1.14. The highest BCUT2D eigenvalue weighted by molar-refractivity contribution is 5.34. The molecule has 2 rings (SSSR count). The van der Waals surface area contributed by atoms with Crippen LogP contribution < -0.4 is 0 Å². The Morgan fingerprint density at radius 2 is 1.45 bits per heavy atom. The molecule has 1 aliphatic carbocycles. The first-order chi connectivity index (χ1) is 9.32. The van der Waals surface area contributed by atoms with Crippen molar-refractivity contribution in [3.63, 3.8) is 0 Å². The van der Waals surface area contributed by atoms with Crippen molar-refractivity contribution in [2.24, 2.45) is 0 Å². The molecule has 0 radical (unpaired) electrons. The summed E-state index contributed by atoms with van der Waals surface area (Å²) in [6, 6.07) is 0. The fourth-order valence-corrected chi connectivity index (χ4v) is 1.55. The Morgan fingerprint density at radius 3 is 1.85 bits per heavy atom. The van der Waals surface area contributed by atoms with Crippen molar-refractivity contribution in [1.82, 2.24) is 10.2 Å². The molecular formula is C13H23F5N2. The van der Waals surface area contributed by atoms with Crippen LogP contribution in [0.1, 0.15) is 64.9 Å². The van der Waals surface area contributed by atoms with Crippen molar-refractivity contribution >= 4 is 0 Å². The Balaban J connectivity index is 0. The van der Waals surface area contributed by atoms with Gasteiger partial charge in [-0.25, -0.2) is 0 Å². The molecular weight excluding hydrogens is 279 g/mol. The molecule has 0 fully saturated rings. The summed E-state index contributed by atoms with van der Waals surface area (Å²) in [5.74, 6) is -3.20. The third-order valence-corrected chi connectivity index (χ3v) is 2.19. The molecule has 0 saturated heterocycles. The summed E-state index contributed by atoms with van der Waals surface area (Å²) in [4.78, 5) is 0. The number of halogens is 5. The number of H-pyrrole nitrogens is 1. The largest absolute Gasteiger partial charge is 0.435 e. The Labute approximate surface area is 116 Å². The van der Waals surface area contributed by atoms with E-state index in [1.807, 2.05) is 41.5 Å². The molecule has 0 saturated carbocycles. The highest BCUT2D eigenvalue weighted by atomic mass is 19.4. The third-order valence-electron chi connectivity index (χ3n) is 2.19. The number of alkyl halides is 5. The SMILES string of the molecule is CC.CC.CC.FC(F)(F)c1n[nH]c2c1CCC2(F)F. The van der Waals surface area contributed by atoms with Crippen LogP contribution in [-0.2, 0) is 18.5 Å². The van der Waals surface area contributed by atoms with Crippen LogP contribution in [0.25, 0.3) is 0 Å². The summed E-state index contributed by atoms with van der Waals surface area (Å²) < 4.78 is 62.4. The van der Waals surface area contributed by atoms with E-state index >= 15 is 0 Å². The van der Waals surface area contributed by atoms with Crippen LogP contribution >= 0.6 is 0 Å². The summed E-state index contributed by atoms with van der Waals surface area (Å²) >= 11 is 0. The zero-order chi connectivity index (χ0) is 16.6. The van der Waals surface area contributed by atoms with Crippen LogP contribution in [-0.4, -0.2) is 10.2 Å². The van der Waals surface area contributed by atoms with Gasteiger partial charge in [-0.3, -0.25) is 5.10 Å². The fraction of sp³-hybridized carbons (Fsp3) is 0.769. The number of rotatable bonds is 0. The monoisotopic (exact) mass is 302 g/mol. The quantitative estimate of drug-likeness (QED) is 0.626. The molecule has 120 valence electrons. The lowest BCUT2D eigenvalue weighted by Crippen LogP contribution is -2.08. The van der Waals surface area contributed by atoms with Crippen LogP contribution in [0, 0.1) is 0 Å². The van der Waals surface area contributed by atoms with Gasteiger partial charge in [-0.2, -0.15) is 27.1 Å². The average Bonchev–Trinajstić information content (AvgIpc) is 2.98. The first kappa shape index (κ1) is 21.2. The topological polar surface area (TPSA) is 28.7 Å². The number of hydrogen-bond acceptors (Lipinski definition) is 1. The van der Waals surface area contributed by atoms with Gasteiger partial charge in [-0.15, -0.1) is 0 Å². The second-order valence-corrected chi connectivity index (χ2v) is 3.13. The lowest BCUT2D eigenvalue weighted by molar-refractivity contribution is -0.141. The van der Waals surface area contributed by atoms with Crippen molar-refractivity contribution in [2.45, 2.75) is 66.5 Å². The number of aromatic nitrogens is 2. The van der Waals surface area contributed by atoms with Crippen LogP contribution in [0.3, 0.4) is 0 Å². The van der Waals surface area contributed by atoms with E-state index in [9.17, 15) is 22.0 Å². The Morgan fingerprint density at radius 1 is 1.00 bits per heavy atom. The van der Waals surface area contributed by atoms with E-state index < -0.39 is 35.5 Å². The lowest BCUT2D eigenvalue weighted by Gasteiger charge is -2.05. The maximum atomic E-state index is 12.9. The van der Waals surface area contributed by atoms with Gasteiger partial charge in [0.2, 0.25) is 0 Å². The van der Waals surface area contributed by atoms with E-state index in [4.69, 9.17) is 0 Å². The van der Waals surface area contributed by atoms with Crippen molar-refractivity contribution < 1.29 is 22.0 Å². The number of aromatic amines is 1. The van der Waals surface area contributed by atoms with Crippen LogP contribution in [0.15, 0.2) is 0 Å². The highest BCUT2D eigenvalue weighted by Gasteiger charge is 2.48. The van der Waals surface area contributed by atoms with Crippen LogP contribution in [0.5, 0.6) is 0 Å². The Bertz CT molecular complexity index is 369. The second-order valence-electron chi connectivity index (χ2n) is 3.13. The van der Waals surface area contributed by atoms with E-state index in [2.05, 4.69) is 5.10 Å². The molecule has 7 heteroatoms. The van der Waals surface area contributed by atoms with Crippen molar-refractivity contribution in [1.29, 1.82) is 0 Å². The summed E-state index contributed by atoms with van der Waals surface area (Å²) in [6.07, 6.45) is -5.53. The van der Waals surface area contributed by atoms with Gasteiger partial charge in [-0.1, -0.05) is 41.5 Å². The standard InChI is InChI=1S/C7H5F5N2.3C2H6/c8-6(9)2-1-3-4(6)13-14-5(3)7(10,11)12;3*1-2/h1-2H2,(H,13,14);3*1-2H3. The first-order valence-electron chi connectivity index (χ1n) is 6.85. The summed E-state index contributed by atoms with van der Waals surface area (Å²) in [7, 11) is 0. The van der Waals surface area contributed by atoms with Gasteiger partial charge in [0.25, 0.3) is 5.92 Å². The van der Waals surface area contributed by atoms with Gasteiger partial charge < -0.3 is 0 Å². The van der Waals surface area contributed by atoms with Crippen molar-refractivity contribution in [2.75, 3.05) is 0 Å². The maximum Gasteiger partial charge on any atom is 0.435 e. The summed E-state index contributed by atoms with van der Waals surface area (Å²) in [5, 5.41) is 4.64. The van der Waals surface area contributed by atoms with E-state index in [0.717, 1.165) is 0 Å². The number of nitrogens with one attached hydrogen (secondary N) is 1. The Kier molecular flexibility index (Phi) is 9.44. The maximum absolute atomic E-state index is 12.9. The van der Waals surface area contributed by atoms with E-state index in [0.29, 0.717) is 0 Å². The van der Waals surface area contributed by atoms with Crippen molar-refractivity contribution in [3.05, 3.63) is 17.0 Å². The van der Waals surface area contributed by atoms with Gasteiger partial charge in [0.05, 0.1) is 0 Å². The van der Waals surface area contributed by atoms with Gasteiger partial charge in [0, 0.05) is 12.0 Å². The molecule has 0 spiro atoms. The first-order valence-corrected chi connectivity index (χ1v) is 6.85. The molecule has 1 N–H and O–H groups in total. The minimum atomic E-state index is -4.66. The molecule has 1 heterocycles. The second kappa shape index (κ2) is 8.92. The number of nitrogens with zero attached hydrogens (tertiary/aromatic N) is 1. The van der Waals surface area contributed by atoms with Crippen LogP contribution in [0.2, 0.25) is 0 Å². The smallest absolute Gasteiger partial charge is 0.276 e. The molecule has 20 heavy (non-hydrogen) atoms. The molecule has 1 aliphatic rings. The van der Waals surface area contributed by atoms with Crippen LogP contribution in [0.4, 0.5) is 22.0 Å². The predicted octanol–water partition coefficient (Wildman–Crippen LogP) is 5.55. The molecule has 0 unspecified atom stereocenters. The van der Waals surface area contributed by atoms with E-state index in [1.165, 1.54) is 0 Å². The lowest BCUT2D eigenvalue weighted by atomic mass is 10.2. The third kappa shape index (κ3) is 4.76. The summed E-state index contributed by atoms with van der Waals surface area (Å²) in [6.45, 7) is 12.0. The van der Waals surface area contributed by atoms with E-state index in [-0.39, 0.29) is 6.42 Å².